The molecular weight excluding hydrogens is 200 g/mol. The zero-order valence-electron chi connectivity index (χ0n) is 9.70. The van der Waals surface area contributed by atoms with Crippen molar-refractivity contribution < 1.29 is 0 Å². The normalized spacial score (nSPS) is 10.9. The van der Waals surface area contributed by atoms with Crippen LogP contribution in [-0.4, -0.2) is 18.6 Å². The van der Waals surface area contributed by atoms with E-state index in [0.717, 1.165) is 5.56 Å². The van der Waals surface area contributed by atoms with Crippen LogP contribution in [0.15, 0.2) is 29.4 Å². The number of nitrogens with zero attached hydrogens (tertiary/aromatic N) is 1. The van der Waals surface area contributed by atoms with Crippen LogP contribution in [0.1, 0.15) is 30.9 Å². The number of amidine groups is 1. The van der Waals surface area contributed by atoms with Crippen LogP contribution in [0.4, 0.5) is 0 Å². The van der Waals surface area contributed by atoms with Crippen molar-refractivity contribution in [3.63, 3.8) is 0 Å². The van der Waals surface area contributed by atoms with E-state index in [2.05, 4.69) is 36.5 Å². The fraction of sp³-hybridized carbons (Fsp3) is 0.333. The zero-order chi connectivity index (χ0) is 12.0. The molecule has 1 aromatic carbocycles. The molecule has 0 saturated carbocycles. The fourth-order valence-corrected chi connectivity index (χ4v) is 1.22. The van der Waals surface area contributed by atoms with Gasteiger partial charge in [0.15, 0.2) is 0 Å². The summed E-state index contributed by atoms with van der Waals surface area (Å²) in [5.41, 5.74) is 10.2. The molecule has 0 saturated heterocycles. The van der Waals surface area contributed by atoms with E-state index >= 15 is 0 Å². The molecule has 1 rings (SSSR count). The lowest BCUT2D eigenvalue weighted by Gasteiger charge is -2.04. The van der Waals surface area contributed by atoms with Crippen LogP contribution in [0.5, 0.6) is 0 Å². The monoisotopic (exact) mass is 218 g/mol. The summed E-state index contributed by atoms with van der Waals surface area (Å²) in [7, 11) is 0. The van der Waals surface area contributed by atoms with Crippen LogP contribution in [0, 0.1) is 5.41 Å². The van der Waals surface area contributed by atoms with Crippen molar-refractivity contribution >= 4 is 12.1 Å². The van der Waals surface area contributed by atoms with Gasteiger partial charge in [-0.25, -0.2) is 0 Å². The van der Waals surface area contributed by atoms with E-state index in [9.17, 15) is 0 Å². The summed E-state index contributed by atoms with van der Waals surface area (Å²) in [6.45, 7) is 4.61. The van der Waals surface area contributed by atoms with Gasteiger partial charge in [-0.1, -0.05) is 38.1 Å². The molecule has 0 unspecified atom stereocenters. The molecule has 0 heterocycles. The van der Waals surface area contributed by atoms with Crippen molar-refractivity contribution in [3.8, 4) is 0 Å². The number of nitrogens with one attached hydrogen (secondary N) is 2. The third-order valence-electron chi connectivity index (χ3n) is 2.18. The molecule has 0 radical (unpaired) electrons. The number of benzene rings is 1. The second kappa shape index (κ2) is 5.90. The highest BCUT2D eigenvalue weighted by Gasteiger charge is 1.97. The smallest absolute Gasteiger partial charge is 0.112 e. The summed E-state index contributed by atoms with van der Waals surface area (Å²) < 4.78 is 0. The molecule has 0 aliphatic rings. The van der Waals surface area contributed by atoms with Crippen molar-refractivity contribution in [2.75, 3.05) is 6.54 Å². The highest BCUT2D eigenvalue weighted by Crippen LogP contribution is 2.13. The van der Waals surface area contributed by atoms with E-state index in [0.29, 0.717) is 5.92 Å². The van der Waals surface area contributed by atoms with Gasteiger partial charge in [0, 0.05) is 0 Å². The average Bonchev–Trinajstić information content (AvgIpc) is 2.25. The zero-order valence-corrected chi connectivity index (χ0v) is 9.70. The van der Waals surface area contributed by atoms with Gasteiger partial charge in [0.05, 0.1) is 12.8 Å². The second-order valence-corrected chi connectivity index (χ2v) is 3.94. The van der Waals surface area contributed by atoms with E-state index in [1.54, 1.807) is 6.21 Å². The van der Waals surface area contributed by atoms with Crippen LogP contribution < -0.4 is 11.2 Å². The van der Waals surface area contributed by atoms with Crippen molar-refractivity contribution in [3.05, 3.63) is 35.4 Å². The van der Waals surface area contributed by atoms with Crippen LogP contribution in [0.3, 0.4) is 0 Å². The van der Waals surface area contributed by atoms with Gasteiger partial charge in [0.25, 0.3) is 0 Å². The third kappa shape index (κ3) is 4.13. The molecule has 0 amide bonds. The van der Waals surface area contributed by atoms with Gasteiger partial charge in [-0.2, -0.15) is 5.10 Å². The molecule has 0 fully saturated rings. The molecule has 4 nitrogen and oxygen atoms in total. The first kappa shape index (κ1) is 12.2. The summed E-state index contributed by atoms with van der Waals surface area (Å²) in [6.07, 6.45) is 1.72. The maximum absolute atomic E-state index is 6.99. The molecular formula is C12H18N4. The van der Waals surface area contributed by atoms with Gasteiger partial charge in [0.1, 0.15) is 5.84 Å². The number of nitrogens with two attached hydrogens (primary N) is 1. The topological polar surface area (TPSA) is 74.3 Å². The van der Waals surface area contributed by atoms with Crippen LogP contribution >= 0.6 is 0 Å². The molecule has 0 aromatic heterocycles. The molecule has 1 aromatic rings. The predicted octanol–water partition coefficient (Wildman–Crippen LogP) is 1.67. The second-order valence-electron chi connectivity index (χ2n) is 3.94. The van der Waals surface area contributed by atoms with Gasteiger partial charge in [-0.3, -0.25) is 5.41 Å². The Morgan fingerprint density at radius 1 is 1.44 bits per heavy atom. The van der Waals surface area contributed by atoms with Crippen molar-refractivity contribution in [2.24, 2.45) is 10.8 Å². The minimum atomic E-state index is 0.0762. The lowest BCUT2D eigenvalue weighted by atomic mass is 10.0. The van der Waals surface area contributed by atoms with Crippen molar-refractivity contribution in [1.82, 2.24) is 5.43 Å². The van der Waals surface area contributed by atoms with E-state index in [-0.39, 0.29) is 12.4 Å². The summed E-state index contributed by atoms with van der Waals surface area (Å²) in [4.78, 5) is 0. The molecule has 0 aliphatic carbocycles. The first-order valence-corrected chi connectivity index (χ1v) is 5.28. The summed E-state index contributed by atoms with van der Waals surface area (Å²) in [5.74, 6) is 0.620. The Balaban J connectivity index is 2.51. The molecule has 4 N–H and O–H groups in total. The molecule has 86 valence electrons. The summed E-state index contributed by atoms with van der Waals surface area (Å²) in [6, 6.07) is 8.23. The first-order chi connectivity index (χ1) is 7.59. The maximum atomic E-state index is 6.99. The molecule has 0 bridgehead atoms. The molecule has 0 aliphatic heterocycles. The maximum Gasteiger partial charge on any atom is 0.112 e. The Morgan fingerprint density at radius 2 is 2.06 bits per heavy atom. The fourth-order valence-electron chi connectivity index (χ4n) is 1.22. The minimum absolute atomic E-state index is 0.0762. The molecule has 0 spiro atoms. The van der Waals surface area contributed by atoms with E-state index in [1.807, 2.05) is 12.1 Å². The van der Waals surface area contributed by atoms with Crippen LogP contribution in [0.2, 0.25) is 0 Å². The molecule has 0 atom stereocenters. The Kier molecular flexibility index (Phi) is 4.51. The summed E-state index contributed by atoms with van der Waals surface area (Å²) >= 11 is 0. The molecule has 4 heteroatoms. The summed E-state index contributed by atoms with van der Waals surface area (Å²) in [5, 5.41) is 11.0. The first-order valence-electron chi connectivity index (χ1n) is 5.28. The Morgan fingerprint density at radius 3 is 2.56 bits per heavy atom. The lowest BCUT2D eigenvalue weighted by molar-refractivity contribution is 0.844. The Labute approximate surface area is 96.1 Å². The van der Waals surface area contributed by atoms with E-state index in [1.165, 1.54) is 5.56 Å². The van der Waals surface area contributed by atoms with Gasteiger partial charge >= 0.3 is 0 Å². The van der Waals surface area contributed by atoms with Crippen LogP contribution in [-0.2, 0) is 0 Å². The number of hydrogen-bond donors (Lipinski definition) is 3. The number of rotatable bonds is 5. The third-order valence-corrected chi connectivity index (χ3v) is 2.18. The largest absolute Gasteiger partial charge is 0.386 e. The highest BCUT2D eigenvalue weighted by atomic mass is 15.3. The Hall–Kier alpha value is -1.84. The SMILES string of the molecule is CC(C)c1ccc(/C=N/NCC(=N)N)cc1. The predicted molar refractivity (Wildman–Crippen MR) is 68.0 cm³/mol. The number of hydrazone groups is 1. The van der Waals surface area contributed by atoms with Gasteiger partial charge in [-0.15, -0.1) is 0 Å². The van der Waals surface area contributed by atoms with E-state index < -0.39 is 0 Å². The average molecular weight is 218 g/mol. The highest BCUT2D eigenvalue weighted by molar-refractivity contribution is 5.81. The number of hydrogen-bond acceptors (Lipinski definition) is 3. The van der Waals surface area contributed by atoms with E-state index in [4.69, 9.17) is 11.1 Å². The Bertz CT molecular complexity index is 365. The quantitative estimate of drug-likeness (QED) is 0.399. The standard InChI is InChI=1S/C12H18N4/c1-9(2)11-5-3-10(4-6-11)7-15-16-8-12(13)14/h3-7,9,16H,8H2,1-2H3,(H3,13,14)/b15-7+. The van der Waals surface area contributed by atoms with Crippen molar-refractivity contribution in [1.29, 1.82) is 5.41 Å². The van der Waals surface area contributed by atoms with Crippen molar-refractivity contribution in [2.45, 2.75) is 19.8 Å². The lowest BCUT2D eigenvalue weighted by Crippen LogP contribution is -2.24. The van der Waals surface area contributed by atoms with Gasteiger partial charge in [0.2, 0.25) is 0 Å². The minimum Gasteiger partial charge on any atom is -0.386 e. The van der Waals surface area contributed by atoms with Crippen LogP contribution in [0.25, 0.3) is 0 Å². The van der Waals surface area contributed by atoms with Gasteiger partial charge in [-0.05, 0) is 17.0 Å². The molecule has 16 heavy (non-hydrogen) atoms. The van der Waals surface area contributed by atoms with Gasteiger partial charge < -0.3 is 11.2 Å².